The van der Waals surface area contributed by atoms with Crippen LogP contribution < -0.4 is 9.80 Å². The van der Waals surface area contributed by atoms with Gasteiger partial charge in [0.25, 0.3) is 0 Å². The highest BCUT2D eigenvalue weighted by atomic mass is 15.3. The molecule has 1 aliphatic rings. The third-order valence-corrected chi connectivity index (χ3v) is 4.64. The van der Waals surface area contributed by atoms with Gasteiger partial charge in [-0.2, -0.15) is 4.98 Å². The summed E-state index contributed by atoms with van der Waals surface area (Å²) in [5.41, 5.74) is 3.77. The van der Waals surface area contributed by atoms with Crippen LogP contribution in [0.15, 0.2) is 66.9 Å². The van der Waals surface area contributed by atoms with Crippen molar-refractivity contribution in [3.05, 3.63) is 72.4 Å². The highest BCUT2D eigenvalue weighted by Gasteiger charge is 2.20. The van der Waals surface area contributed by atoms with E-state index in [9.17, 15) is 0 Å². The largest absolute Gasteiger partial charge is 0.326 e. The normalized spacial score (nSPS) is 13.4. The van der Waals surface area contributed by atoms with Gasteiger partial charge in [0.1, 0.15) is 5.82 Å². The van der Waals surface area contributed by atoms with Crippen LogP contribution in [0.2, 0.25) is 0 Å². The van der Waals surface area contributed by atoms with Gasteiger partial charge in [0.15, 0.2) is 0 Å². The van der Waals surface area contributed by atoms with Crippen LogP contribution in [0.3, 0.4) is 0 Å². The summed E-state index contributed by atoms with van der Waals surface area (Å²) in [7, 11) is 0. The minimum atomic E-state index is 0.745. The molecule has 4 nitrogen and oxygen atoms in total. The Morgan fingerprint density at radius 2 is 1.80 bits per heavy atom. The molecule has 4 rings (SSSR count). The molecular weight excluding hydrogens is 308 g/mol. The summed E-state index contributed by atoms with van der Waals surface area (Å²) in [6, 6.07) is 20.9. The Morgan fingerprint density at radius 1 is 1.00 bits per heavy atom. The van der Waals surface area contributed by atoms with Gasteiger partial charge in [0.05, 0.1) is 0 Å². The second kappa shape index (κ2) is 6.93. The quantitative estimate of drug-likeness (QED) is 0.693. The zero-order valence-corrected chi connectivity index (χ0v) is 14.5. The van der Waals surface area contributed by atoms with Crippen LogP contribution in [0.4, 0.5) is 23.1 Å². The fourth-order valence-corrected chi connectivity index (χ4v) is 3.44. The second-order valence-electron chi connectivity index (χ2n) is 6.18. The van der Waals surface area contributed by atoms with Crippen molar-refractivity contribution in [3.8, 4) is 0 Å². The van der Waals surface area contributed by atoms with Crippen molar-refractivity contribution in [2.24, 2.45) is 0 Å². The summed E-state index contributed by atoms with van der Waals surface area (Å²) in [5, 5.41) is 0. The lowest BCUT2D eigenvalue weighted by molar-refractivity contribution is 0.757. The molecule has 2 aromatic carbocycles. The van der Waals surface area contributed by atoms with Gasteiger partial charge in [-0.3, -0.25) is 0 Å². The third kappa shape index (κ3) is 3.07. The molecule has 3 aromatic rings. The topological polar surface area (TPSA) is 32.3 Å². The SMILES string of the molecule is CCN(c1ccccc1)c1nccc(N2CCCc3ccccc32)n1. The predicted octanol–water partition coefficient (Wildman–Crippen LogP) is 4.72. The van der Waals surface area contributed by atoms with E-state index in [1.807, 2.05) is 30.5 Å². The number of hydrogen-bond donors (Lipinski definition) is 0. The number of aryl methyl sites for hydroxylation is 1. The molecule has 1 aromatic heterocycles. The number of fused-ring (bicyclic) bond motifs is 1. The summed E-state index contributed by atoms with van der Waals surface area (Å²) >= 11 is 0. The Kier molecular flexibility index (Phi) is 4.34. The zero-order valence-electron chi connectivity index (χ0n) is 14.5. The van der Waals surface area contributed by atoms with Gasteiger partial charge >= 0.3 is 0 Å². The molecule has 0 aliphatic carbocycles. The number of benzene rings is 2. The van der Waals surface area contributed by atoms with Crippen molar-refractivity contribution in [3.63, 3.8) is 0 Å². The molecule has 0 N–H and O–H groups in total. The Balaban J connectivity index is 1.71. The number of aromatic nitrogens is 2. The van der Waals surface area contributed by atoms with Gasteiger partial charge in [0, 0.05) is 30.7 Å². The van der Waals surface area contributed by atoms with E-state index in [0.717, 1.165) is 43.4 Å². The molecule has 0 fully saturated rings. The maximum atomic E-state index is 4.88. The average molecular weight is 330 g/mol. The minimum Gasteiger partial charge on any atom is -0.326 e. The van der Waals surface area contributed by atoms with Crippen LogP contribution in [0.1, 0.15) is 18.9 Å². The third-order valence-electron chi connectivity index (χ3n) is 4.64. The fraction of sp³-hybridized carbons (Fsp3) is 0.238. The van der Waals surface area contributed by atoms with E-state index in [2.05, 4.69) is 58.1 Å². The Hall–Kier alpha value is -2.88. The number of anilines is 4. The number of nitrogens with zero attached hydrogens (tertiary/aromatic N) is 4. The fourth-order valence-electron chi connectivity index (χ4n) is 3.44. The summed E-state index contributed by atoms with van der Waals surface area (Å²) < 4.78 is 0. The van der Waals surface area contributed by atoms with Crippen LogP contribution in [0.5, 0.6) is 0 Å². The van der Waals surface area contributed by atoms with E-state index in [4.69, 9.17) is 4.98 Å². The van der Waals surface area contributed by atoms with Gasteiger partial charge < -0.3 is 9.80 Å². The lowest BCUT2D eigenvalue weighted by Crippen LogP contribution is -2.26. The van der Waals surface area contributed by atoms with Gasteiger partial charge in [-0.15, -0.1) is 0 Å². The maximum Gasteiger partial charge on any atom is 0.231 e. The first-order valence-corrected chi connectivity index (χ1v) is 8.88. The average Bonchev–Trinajstić information content (AvgIpc) is 2.69. The lowest BCUT2D eigenvalue weighted by Gasteiger charge is -2.31. The minimum absolute atomic E-state index is 0.745. The molecule has 126 valence electrons. The van der Waals surface area contributed by atoms with Crippen molar-refractivity contribution in [2.75, 3.05) is 22.9 Å². The molecule has 1 aliphatic heterocycles. The van der Waals surface area contributed by atoms with Gasteiger partial charge in [0.2, 0.25) is 5.95 Å². The molecule has 0 spiro atoms. The molecule has 4 heteroatoms. The molecule has 0 radical (unpaired) electrons. The number of hydrogen-bond acceptors (Lipinski definition) is 4. The van der Waals surface area contributed by atoms with E-state index in [0.29, 0.717) is 0 Å². The van der Waals surface area contributed by atoms with Crippen LogP contribution in [-0.2, 0) is 6.42 Å². The molecule has 0 bridgehead atoms. The first-order chi connectivity index (χ1) is 12.4. The lowest BCUT2D eigenvalue weighted by atomic mass is 10.0. The van der Waals surface area contributed by atoms with Gasteiger partial charge in [-0.1, -0.05) is 36.4 Å². The smallest absolute Gasteiger partial charge is 0.231 e. The van der Waals surface area contributed by atoms with Crippen molar-refractivity contribution < 1.29 is 0 Å². The van der Waals surface area contributed by atoms with E-state index in [1.165, 1.54) is 11.3 Å². The monoisotopic (exact) mass is 330 g/mol. The number of para-hydroxylation sites is 2. The molecule has 0 saturated carbocycles. The maximum absolute atomic E-state index is 4.88. The summed E-state index contributed by atoms with van der Waals surface area (Å²) in [5.74, 6) is 1.71. The van der Waals surface area contributed by atoms with E-state index in [-0.39, 0.29) is 0 Å². The summed E-state index contributed by atoms with van der Waals surface area (Å²) in [4.78, 5) is 13.9. The van der Waals surface area contributed by atoms with Crippen LogP contribution in [0.25, 0.3) is 0 Å². The molecular formula is C21H22N4. The van der Waals surface area contributed by atoms with Crippen LogP contribution in [0, 0.1) is 0 Å². The Labute approximate surface area is 148 Å². The van der Waals surface area contributed by atoms with Gasteiger partial charge in [-0.05, 0) is 49.6 Å². The summed E-state index contributed by atoms with van der Waals surface area (Å²) in [6.07, 6.45) is 4.14. The van der Waals surface area contributed by atoms with Crippen molar-refractivity contribution >= 4 is 23.1 Å². The first kappa shape index (κ1) is 15.6. The first-order valence-electron chi connectivity index (χ1n) is 8.88. The number of rotatable bonds is 4. The molecule has 0 atom stereocenters. The molecule has 0 amide bonds. The molecule has 0 saturated heterocycles. The van der Waals surface area contributed by atoms with Crippen molar-refractivity contribution in [2.45, 2.75) is 19.8 Å². The predicted molar refractivity (Wildman–Crippen MR) is 103 cm³/mol. The van der Waals surface area contributed by atoms with E-state index >= 15 is 0 Å². The van der Waals surface area contributed by atoms with E-state index < -0.39 is 0 Å². The Bertz CT molecular complexity index is 847. The standard InChI is InChI=1S/C21H22N4/c1-2-24(18-11-4-3-5-12-18)21-22-15-14-20(23-21)25-16-8-10-17-9-6-7-13-19(17)25/h3-7,9,11-15H,2,8,10,16H2,1H3. The Morgan fingerprint density at radius 3 is 2.64 bits per heavy atom. The molecule has 2 heterocycles. The van der Waals surface area contributed by atoms with Gasteiger partial charge in [-0.25, -0.2) is 4.98 Å². The molecule has 0 unspecified atom stereocenters. The van der Waals surface area contributed by atoms with Crippen LogP contribution in [-0.4, -0.2) is 23.1 Å². The summed E-state index contributed by atoms with van der Waals surface area (Å²) in [6.45, 7) is 3.94. The highest BCUT2D eigenvalue weighted by molar-refractivity contribution is 5.67. The zero-order chi connectivity index (χ0) is 17.1. The van der Waals surface area contributed by atoms with Crippen molar-refractivity contribution in [1.29, 1.82) is 0 Å². The highest BCUT2D eigenvalue weighted by Crippen LogP contribution is 2.33. The van der Waals surface area contributed by atoms with Crippen molar-refractivity contribution in [1.82, 2.24) is 9.97 Å². The molecule has 25 heavy (non-hydrogen) atoms. The second-order valence-corrected chi connectivity index (χ2v) is 6.18. The van der Waals surface area contributed by atoms with E-state index in [1.54, 1.807) is 0 Å². The van der Waals surface area contributed by atoms with Crippen LogP contribution >= 0.6 is 0 Å².